The lowest BCUT2D eigenvalue weighted by Crippen LogP contribution is -2.30. The first-order chi connectivity index (χ1) is 5.77. The number of hydrogen-bond donors (Lipinski definition) is 2. The lowest BCUT2D eigenvalue weighted by molar-refractivity contribution is -0.136. The highest BCUT2D eigenvalue weighted by molar-refractivity contribution is 7.92. The van der Waals surface area contributed by atoms with E-state index in [4.69, 9.17) is 10.8 Å². The molecule has 0 aliphatic carbocycles. The second-order valence-electron chi connectivity index (χ2n) is 2.56. The summed E-state index contributed by atoms with van der Waals surface area (Å²) in [4.78, 5) is 10.4. The normalized spacial score (nSPS) is 13.6. The van der Waals surface area contributed by atoms with Gasteiger partial charge in [-0.1, -0.05) is 12.2 Å². The Bertz CT molecular complexity index is 309. The summed E-state index contributed by atoms with van der Waals surface area (Å²) in [7, 11) is -3.62. The van der Waals surface area contributed by atoms with Crippen molar-refractivity contribution in [3.8, 4) is 0 Å². The molecular formula is C6H11NO4S2. The van der Waals surface area contributed by atoms with E-state index in [1.165, 1.54) is 0 Å². The highest BCUT2D eigenvalue weighted by Crippen LogP contribution is 2.03. The molecular weight excluding hydrogens is 214 g/mol. The van der Waals surface area contributed by atoms with Gasteiger partial charge in [0.1, 0.15) is 0 Å². The zero-order valence-electron chi connectivity index (χ0n) is 7.06. The van der Waals surface area contributed by atoms with Crippen molar-refractivity contribution >= 4 is 33.0 Å². The fraction of sp³-hybridized carbons (Fsp3) is 0.667. The van der Waals surface area contributed by atoms with Gasteiger partial charge in [0.05, 0.1) is 10.7 Å². The van der Waals surface area contributed by atoms with Gasteiger partial charge in [0.25, 0.3) is 0 Å². The van der Waals surface area contributed by atoms with Crippen molar-refractivity contribution in [2.75, 3.05) is 5.75 Å². The van der Waals surface area contributed by atoms with Crippen LogP contribution in [0.4, 0.5) is 0 Å². The predicted molar refractivity (Wildman–Crippen MR) is 52.3 cm³/mol. The lowest BCUT2D eigenvalue weighted by atomic mass is 10.5. The fourth-order valence-corrected chi connectivity index (χ4v) is 1.97. The number of rotatable bonds is 5. The van der Waals surface area contributed by atoms with E-state index in [0.29, 0.717) is 0 Å². The van der Waals surface area contributed by atoms with E-state index < -0.39 is 21.1 Å². The van der Waals surface area contributed by atoms with Gasteiger partial charge in [0, 0.05) is 6.42 Å². The van der Waals surface area contributed by atoms with Gasteiger partial charge in [0.2, 0.25) is 0 Å². The molecule has 0 rings (SSSR count). The number of thiocarbonyl (C=S) groups is 1. The van der Waals surface area contributed by atoms with E-state index in [1.807, 2.05) is 0 Å². The van der Waals surface area contributed by atoms with Crippen molar-refractivity contribution < 1.29 is 18.3 Å². The minimum absolute atomic E-state index is 0.0231. The van der Waals surface area contributed by atoms with Gasteiger partial charge in [0.15, 0.2) is 15.1 Å². The number of carbonyl (C=O) groups is 1. The van der Waals surface area contributed by atoms with Crippen molar-refractivity contribution in [2.24, 2.45) is 5.73 Å². The molecule has 0 amide bonds. The summed E-state index contributed by atoms with van der Waals surface area (Å²) >= 11 is 4.48. The highest BCUT2D eigenvalue weighted by Gasteiger charge is 2.26. The molecule has 0 fully saturated rings. The number of aliphatic carboxylic acids is 1. The molecule has 3 N–H and O–H groups in total. The molecule has 0 spiro atoms. The molecule has 1 atom stereocenters. The summed E-state index contributed by atoms with van der Waals surface area (Å²) in [6, 6.07) is 0. The Balaban J connectivity index is 4.41. The van der Waals surface area contributed by atoms with Crippen LogP contribution in [0.1, 0.15) is 13.3 Å². The number of carboxylic acid groups (broad SMARTS) is 1. The van der Waals surface area contributed by atoms with Crippen LogP contribution in [0.3, 0.4) is 0 Å². The second-order valence-corrected chi connectivity index (χ2v) is 5.53. The Morgan fingerprint density at radius 3 is 2.38 bits per heavy atom. The molecule has 0 aliphatic rings. The third-order valence-corrected chi connectivity index (χ3v) is 3.78. The third kappa shape index (κ3) is 4.18. The molecule has 0 saturated carbocycles. The van der Waals surface area contributed by atoms with E-state index >= 15 is 0 Å². The van der Waals surface area contributed by atoms with Crippen LogP contribution in [0.2, 0.25) is 0 Å². The van der Waals surface area contributed by atoms with Crippen molar-refractivity contribution in [2.45, 2.75) is 18.6 Å². The Morgan fingerprint density at radius 2 is 2.08 bits per heavy atom. The zero-order valence-corrected chi connectivity index (χ0v) is 8.69. The Morgan fingerprint density at radius 1 is 1.62 bits per heavy atom. The quantitative estimate of drug-likeness (QED) is 0.615. The van der Waals surface area contributed by atoms with Crippen molar-refractivity contribution in [3.05, 3.63) is 0 Å². The van der Waals surface area contributed by atoms with Crippen LogP contribution in [0.15, 0.2) is 0 Å². The summed E-state index contributed by atoms with van der Waals surface area (Å²) in [5.74, 6) is -1.67. The molecule has 0 aromatic heterocycles. The maximum atomic E-state index is 11.2. The molecule has 0 aromatic carbocycles. The number of sulfone groups is 1. The van der Waals surface area contributed by atoms with Gasteiger partial charge in [-0.3, -0.25) is 4.79 Å². The Kier molecular flexibility index (Phi) is 4.28. The van der Waals surface area contributed by atoms with Crippen LogP contribution in [-0.2, 0) is 14.6 Å². The van der Waals surface area contributed by atoms with Gasteiger partial charge in [-0.15, -0.1) is 0 Å². The standard InChI is InChI=1S/C6H11NO4S2/c1-4(6(8)9)13(10,11)3-2-5(7)12/h4H,2-3H2,1H3,(H2,7,12)(H,8,9). The average molecular weight is 225 g/mol. The van der Waals surface area contributed by atoms with E-state index in [1.54, 1.807) is 0 Å². The second kappa shape index (κ2) is 4.52. The van der Waals surface area contributed by atoms with Gasteiger partial charge in [-0.25, -0.2) is 8.42 Å². The molecule has 76 valence electrons. The summed E-state index contributed by atoms with van der Waals surface area (Å²) in [5, 5.41) is 7.04. The van der Waals surface area contributed by atoms with E-state index in [2.05, 4.69) is 12.2 Å². The maximum absolute atomic E-state index is 11.2. The first-order valence-electron chi connectivity index (χ1n) is 3.50. The molecule has 7 heteroatoms. The molecule has 0 heterocycles. The molecule has 0 saturated heterocycles. The molecule has 13 heavy (non-hydrogen) atoms. The van der Waals surface area contributed by atoms with Crippen molar-refractivity contribution in [1.29, 1.82) is 0 Å². The van der Waals surface area contributed by atoms with Gasteiger partial charge < -0.3 is 10.8 Å². The molecule has 5 nitrogen and oxygen atoms in total. The average Bonchev–Trinajstić information content (AvgIpc) is 1.99. The molecule has 0 radical (unpaired) electrons. The summed E-state index contributed by atoms with van der Waals surface area (Å²) < 4.78 is 22.4. The highest BCUT2D eigenvalue weighted by atomic mass is 32.2. The molecule has 0 aromatic rings. The van der Waals surface area contributed by atoms with Crippen molar-refractivity contribution in [3.63, 3.8) is 0 Å². The summed E-state index contributed by atoms with van der Waals surface area (Å²) in [6.07, 6.45) is 0.0231. The molecule has 0 bridgehead atoms. The minimum Gasteiger partial charge on any atom is -0.480 e. The number of nitrogens with two attached hydrogens (primary N) is 1. The maximum Gasteiger partial charge on any atom is 0.321 e. The largest absolute Gasteiger partial charge is 0.480 e. The summed E-state index contributed by atoms with van der Waals surface area (Å²) in [6.45, 7) is 1.12. The Labute approximate surface area is 81.8 Å². The lowest BCUT2D eigenvalue weighted by Gasteiger charge is -2.06. The van der Waals surface area contributed by atoms with E-state index in [-0.39, 0.29) is 17.2 Å². The molecule has 0 aliphatic heterocycles. The monoisotopic (exact) mass is 225 g/mol. The first-order valence-corrected chi connectivity index (χ1v) is 5.62. The first kappa shape index (κ1) is 12.3. The predicted octanol–water partition coefficient (Wildman–Crippen LogP) is -0.450. The van der Waals surface area contributed by atoms with Crippen molar-refractivity contribution in [1.82, 2.24) is 0 Å². The van der Waals surface area contributed by atoms with Crippen LogP contribution >= 0.6 is 12.2 Å². The Hall–Kier alpha value is -0.690. The van der Waals surface area contributed by atoms with E-state index in [0.717, 1.165) is 6.92 Å². The number of carboxylic acids is 1. The minimum atomic E-state index is -3.62. The number of hydrogen-bond acceptors (Lipinski definition) is 4. The van der Waals surface area contributed by atoms with E-state index in [9.17, 15) is 13.2 Å². The van der Waals surface area contributed by atoms with Gasteiger partial charge in [-0.05, 0) is 6.92 Å². The van der Waals surface area contributed by atoms with Crippen LogP contribution in [0.25, 0.3) is 0 Å². The van der Waals surface area contributed by atoms with Crippen LogP contribution < -0.4 is 5.73 Å². The third-order valence-electron chi connectivity index (χ3n) is 1.52. The van der Waals surface area contributed by atoms with Crippen LogP contribution in [0.5, 0.6) is 0 Å². The fourth-order valence-electron chi connectivity index (χ4n) is 0.573. The SMILES string of the molecule is CC(C(=O)O)S(=O)(=O)CCC(N)=S. The summed E-state index contributed by atoms with van der Waals surface area (Å²) in [5.41, 5.74) is 5.10. The molecule has 1 unspecified atom stereocenters. The smallest absolute Gasteiger partial charge is 0.321 e. The van der Waals surface area contributed by atoms with Gasteiger partial charge >= 0.3 is 5.97 Å². The van der Waals surface area contributed by atoms with Gasteiger partial charge in [-0.2, -0.15) is 0 Å². The van der Waals surface area contributed by atoms with Crippen LogP contribution in [0, 0.1) is 0 Å². The topological polar surface area (TPSA) is 97.5 Å². The zero-order chi connectivity index (χ0) is 10.6. The van der Waals surface area contributed by atoms with Crippen LogP contribution in [-0.4, -0.2) is 35.5 Å².